The molecule has 1 atom stereocenters. The van der Waals surface area contributed by atoms with Gasteiger partial charge in [0.05, 0.1) is 27.4 Å². The Morgan fingerprint density at radius 1 is 0.970 bits per heavy atom. The third-order valence-electron chi connectivity index (χ3n) is 6.15. The van der Waals surface area contributed by atoms with E-state index in [4.69, 9.17) is 14.2 Å². The van der Waals surface area contributed by atoms with Gasteiger partial charge < -0.3 is 24.1 Å². The number of carbonyl (C=O) groups is 1. The van der Waals surface area contributed by atoms with E-state index >= 15 is 0 Å². The van der Waals surface area contributed by atoms with Gasteiger partial charge >= 0.3 is 0 Å². The minimum absolute atomic E-state index is 0.0157. The molecule has 7 heteroatoms. The minimum Gasteiger partial charge on any atom is -0.497 e. The molecule has 0 fully saturated rings. The van der Waals surface area contributed by atoms with Crippen molar-refractivity contribution in [1.82, 2.24) is 9.88 Å². The maximum absolute atomic E-state index is 13.5. The Kier molecular flexibility index (Phi) is 5.82. The first kappa shape index (κ1) is 22.7. The fraction of sp³-hybridized carbons (Fsp3) is 0.385. The van der Waals surface area contributed by atoms with Gasteiger partial charge in [0.1, 0.15) is 5.75 Å². The number of aromatic nitrogens is 1. The number of amides is 1. The summed E-state index contributed by atoms with van der Waals surface area (Å²) in [7, 11) is 4.78. The van der Waals surface area contributed by atoms with Crippen LogP contribution in [0.15, 0.2) is 41.2 Å². The topological polar surface area (TPSA) is 80.9 Å². The lowest BCUT2D eigenvalue weighted by Gasteiger charge is -2.40. The largest absolute Gasteiger partial charge is 0.497 e. The van der Waals surface area contributed by atoms with Gasteiger partial charge in [0.2, 0.25) is 5.91 Å². The van der Waals surface area contributed by atoms with Gasteiger partial charge in [-0.3, -0.25) is 9.59 Å². The van der Waals surface area contributed by atoms with Gasteiger partial charge in [0.25, 0.3) is 5.56 Å². The number of fused-ring (bicyclic) bond motifs is 2. The molecule has 0 radical (unpaired) electrons. The number of pyridine rings is 1. The van der Waals surface area contributed by atoms with Gasteiger partial charge in [-0.2, -0.15) is 0 Å². The molecule has 7 nitrogen and oxygen atoms in total. The number of hydrogen-bond donors (Lipinski definition) is 1. The number of nitrogens with one attached hydrogen (secondary N) is 1. The number of nitrogens with zero attached hydrogens (tertiary/aromatic N) is 1. The van der Waals surface area contributed by atoms with Crippen LogP contribution in [-0.2, 0) is 11.2 Å². The van der Waals surface area contributed by atoms with E-state index in [9.17, 15) is 9.59 Å². The number of carbonyl (C=O) groups excluding carboxylic acids is 1. The summed E-state index contributed by atoms with van der Waals surface area (Å²) in [6, 6.07) is 10.6. The number of rotatable bonds is 4. The number of H-pyrrole nitrogens is 1. The van der Waals surface area contributed by atoms with Crippen LogP contribution in [0, 0.1) is 5.41 Å². The van der Waals surface area contributed by atoms with Crippen molar-refractivity contribution in [3.63, 3.8) is 0 Å². The highest BCUT2D eigenvalue weighted by Gasteiger charge is 2.38. The van der Waals surface area contributed by atoms with Crippen molar-refractivity contribution in [3.05, 3.63) is 63.4 Å². The highest BCUT2D eigenvalue weighted by molar-refractivity contribution is 5.84. The molecule has 0 aliphatic carbocycles. The lowest BCUT2D eigenvalue weighted by atomic mass is 9.85. The van der Waals surface area contributed by atoms with E-state index in [0.29, 0.717) is 41.3 Å². The first-order valence-electron chi connectivity index (χ1n) is 10.9. The quantitative estimate of drug-likeness (QED) is 0.648. The summed E-state index contributed by atoms with van der Waals surface area (Å²) < 4.78 is 16.4. The standard InChI is InChI=1S/C26H30N2O5/c1-26(2,3)25(30)28-10-9-15-13-21(32-5)22(33-6)14-18(15)23(28)19-12-16-11-17(31-4)7-8-20(16)27-24(19)29/h7-8,11-14,23H,9-10H2,1-6H3,(H,27,29). The van der Waals surface area contributed by atoms with Gasteiger partial charge in [0, 0.05) is 28.4 Å². The van der Waals surface area contributed by atoms with Gasteiger partial charge in [-0.1, -0.05) is 20.8 Å². The first-order valence-corrected chi connectivity index (χ1v) is 10.9. The molecule has 1 aliphatic rings. The molecule has 1 unspecified atom stereocenters. The summed E-state index contributed by atoms with van der Waals surface area (Å²) in [5.74, 6) is 1.87. The fourth-order valence-electron chi connectivity index (χ4n) is 4.46. The Labute approximate surface area is 193 Å². The average Bonchev–Trinajstić information content (AvgIpc) is 2.80. The van der Waals surface area contributed by atoms with Gasteiger partial charge in [-0.05, 0) is 53.9 Å². The molecule has 4 rings (SSSR count). The molecule has 1 amide bonds. The van der Waals surface area contributed by atoms with Crippen LogP contribution in [0.25, 0.3) is 10.9 Å². The molecule has 0 bridgehead atoms. The van der Waals surface area contributed by atoms with Crippen molar-refractivity contribution < 1.29 is 19.0 Å². The van der Waals surface area contributed by atoms with Crippen molar-refractivity contribution in [2.75, 3.05) is 27.9 Å². The third kappa shape index (κ3) is 4.03. The van der Waals surface area contributed by atoms with E-state index in [-0.39, 0.29) is 11.5 Å². The smallest absolute Gasteiger partial charge is 0.254 e. The number of methoxy groups -OCH3 is 3. The highest BCUT2D eigenvalue weighted by Crippen LogP contribution is 2.42. The predicted molar refractivity (Wildman–Crippen MR) is 127 cm³/mol. The minimum atomic E-state index is -0.598. The molecular weight excluding hydrogens is 420 g/mol. The van der Waals surface area contributed by atoms with Crippen molar-refractivity contribution in [2.24, 2.45) is 5.41 Å². The summed E-state index contributed by atoms with van der Waals surface area (Å²) in [6.07, 6.45) is 0.660. The molecule has 0 saturated carbocycles. The summed E-state index contributed by atoms with van der Waals surface area (Å²) in [4.78, 5) is 31.6. The maximum Gasteiger partial charge on any atom is 0.254 e. The third-order valence-corrected chi connectivity index (χ3v) is 6.15. The zero-order chi connectivity index (χ0) is 23.9. The predicted octanol–water partition coefficient (Wildman–Crippen LogP) is 4.07. The van der Waals surface area contributed by atoms with Crippen LogP contribution in [0.1, 0.15) is 43.5 Å². The molecule has 1 aliphatic heterocycles. The maximum atomic E-state index is 13.5. The van der Waals surface area contributed by atoms with E-state index in [2.05, 4.69) is 4.98 Å². The van der Waals surface area contributed by atoms with Crippen molar-refractivity contribution >= 4 is 16.8 Å². The first-order chi connectivity index (χ1) is 15.7. The molecular formula is C26H30N2O5. The van der Waals surface area contributed by atoms with Gasteiger partial charge in [-0.25, -0.2) is 0 Å². The Morgan fingerprint density at radius 3 is 2.30 bits per heavy atom. The average molecular weight is 451 g/mol. The number of benzene rings is 2. The van der Waals surface area contributed by atoms with Crippen LogP contribution in [0.2, 0.25) is 0 Å². The number of aromatic amines is 1. The molecule has 1 N–H and O–H groups in total. The SMILES string of the molecule is COc1ccc2[nH]c(=O)c(C3c4cc(OC)c(OC)cc4CCN3C(=O)C(C)(C)C)cc2c1. The zero-order valence-corrected chi connectivity index (χ0v) is 19.9. The van der Waals surface area contributed by atoms with E-state index in [1.165, 1.54) is 0 Å². The Hall–Kier alpha value is -3.48. The van der Waals surface area contributed by atoms with Gasteiger partial charge in [-0.15, -0.1) is 0 Å². The molecule has 2 aromatic carbocycles. The fourth-order valence-corrected chi connectivity index (χ4v) is 4.46. The summed E-state index contributed by atoms with van der Waals surface area (Å²) in [5, 5.41) is 0.833. The summed E-state index contributed by atoms with van der Waals surface area (Å²) >= 11 is 0. The molecule has 0 spiro atoms. The second kappa shape index (κ2) is 8.46. The van der Waals surface area contributed by atoms with E-state index < -0.39 is 11.5 Å². The molecule has 0 saturated heterocycles. The van der Waals surface area contributed by atoms with E-state index in [1.54, 1.807) is 27.4 Å². The van der Waals surface area contributed by atoms with Crippen molar-refractivity contribution in [2.45, 2.75) is 33.2 Å². The lowest BCUT2D eigenvalue weighted by molar-refractivity contribution is -0.141. The Bertz CT molecular complexity index is 1270. The summed E-state index contributed by atoms with van der Waals surface area (Å²) in [6.45, 7) is 6.18. The van der Waals surface area contributed by atoms with Crippen molar-refractivity contribution in [3.8, 4) is 17.2 Å². The van der Waals surface area contributed by atoms with Gasteiger partial charge in [0.15, 0.2) is 11.5 Å². The molecule has 3 aromatic rings. The lowest BCUT2D eigenvalue weighted by Crippen LogP contribution is -2.47. The van der Waals surface area contributed by atoms with Crippen LogP contribution < -0.4 is 19.8 Å². The molecule has 1 aromatic heterocycles. The van der Waals surface area contributed by atoms with E-state index in [0.717, 1.165) is 16.5 Å². The Balaban J connectivity index is 1.98. The second-order valence-electron chi connectivity index (χ2n) is 9.31. The van der Waals surface area contributed by atoms with Crippen LogP contribution in [0.3, 0.4) is 0 Å². The van der Waals surface area contributed by atoms with Crippen LogP contribution in [0.5, 0.6) is 17.2 Å². The van der Waals surface area contributed by atoms with Crippen LogP contribution >= 0.6 is 0 Å². The summed E-state index contributed by atoms with van der Waals surface area (Å²) in [5.41, 5.74) is 2.28. The molecule has 174 valence electrons. The molecule has 2 heterocycles. The zero-order valence-electron chi connectivity index (χ0n) is 19.9. The molecule has 33 heavy (non-hydrogen) atoms. The highest BCUT2D eigenvalue weighted by atomic mass is 16.5. The number of ether oxygens (including phenoxy) is 3. The Morgan fingerprint density at radius 2 is 1.67 bits per heavy atom. The second-order valence-corrected chi connectivity index (χ2v) is 9.31. The monoisotopic (exact) mass is 450 g/mol. The number of hydrogen-bond acceptors (Lipinski definition) is 5. The van der Waals surface area contributed by atoms with E-state index in [1.807, 2.05) is 56.0 Å². The normalized spacial score (nSPS) is 15.8. The van der Waals surface area contributed by atoms with Crippen LogP contribution in [0.4, 0.5) is 0 Å². The van der Waals surface area contributed by atoms with Crippen LogP contribution in [-0.4, -0.2) is 43.7 Å². The van der Waals surface area contributed by atoms with Crippen molar-refractivity contribution in [1.29, 1.82) is 0 Å².